The lowest BCUT2D eigenvalue weighted by Gasteiger charge is -2.07. The van der Waals surface area contributed by atoms with E-state index >= 15 is 0 Å². The second kappa shape index (κ2) is 5.18. The number of hydrogen-bond donors (Lipinski definition) is 1. The molecule has 3 nitrogen and oxygen atoms in total. The summed E-state index contributed by atoms with van der Waals surface area (Å²) >= 11 is 1.69. The number of nitrogens with two attached hydrogens (primary N) is 1. The summed E-state index contributed by atoms with van der Waals surface area (Å²) < 4.78 is 0. The Morgan fingerprint density at radius 3 is 2.75 bits per heavy atom. The smallest absolute Gasteiger partial charge is 0.0976 e. The van der Waals surface area contributed by atoms with Gasteiger partial charge in [-0.05, 0) is 18.6 Å². The lowest BCUT2D eigenvalue weighted by atomic mass is 10.1. The van der Waals surface area contributed by atoms with E-state index in [1.807, 2.05) is 12.1 Å². The van der Waals surface area contributed by atoms with Crippen molar-refractivity contribution in [2.45, 2.75) is 19.3 Å². The minimum Gasteiger partial charge on any atom is -0.330 e. The number of nitrogens with zero attached hydrogens (tertiary/aromatic N) is 2. The molecular weight excluding hydrogens is 218 g/mol. The van der Waals surface area contributed by atoms with E-state index in [0.717, 1.165) is 22.7 Å². The van der Waals surface area contributed by atoms with Gasteiger partial charge in [0.2, 0.25) is 0 Å². The maximum absolute atomic E-state index is 5.72. The lowest BCUT2D eigenvalue weighted by Crippen LogP contribution is -2.11. The fraction of sp³-hybridized carbons (Fsp3) is 0.333. The summed E-state index contributed by atoms with van der Waals surface area (Å²) in [5.41, 5.74) is 7.86. The van der Waals surface area contributed by atoms with Gasteiger partial charge in [0.1, 0.15) is 0 Å². The molecule has 2 rings (SSSR count). The molecular formula is C12H15N3S. The molecule has 0 radical (unpaired) electrons. The second-order valence-electron chi connectivity index (χ2n) is 3.65. The van der Waals surface area contributed by atoms with Crippen molar-refractivity contribution in [2.24, 2.45) is 5.73 Å². The summed E-state index contributed by atoms with van der Waals surface area (Å²) in [5, 5.41) is 3.22. The average molecular weight is 233 g/mol. The van der Waals surface area contributed by atoms with Crippen molar-refractivity contribution in [1.29, 1.82) is 0 Å². The van der Waals surface area contributed by atoms with E-state index in [1.165, 1.54) is 0 Å². The summed E-state index contributed by atoms with van der Waals surface area (Å²) in [7, 11) is 0. The molecule has 0 aromatic carbocycles. The van der Waals surface area contributed by atoms with Crippen LogP contribution in [0.2, 0.25) is 0 Å². The van der Waals surface area contributed by atoms with Crippen LogP contribution in [-0.4, -0.2) is 16.5 Å². The molecule has 0 fully saturated rings. The van der Waals surface area contributed by atoms with Crippen LogP contribution in [0.5, 0.6) is 0 Å². The van der Waals surface area contributed by atoms with Crippen molar-refractivity contribution in [3.8, 4) is 11.3 Å². The van der Waals surface area contributed by atoms with E-state index < -0.39 is 0 Å². The summed E-state index contributed by atoms with van der Waals surface area (Å²) in [4.78, 5) is 8.63. The average Bonchev–Trinajstić information content (AvgIpc) is 2.81. The van der Waals surface area contributed by atoms with Gasteiger partial charge >= 0.3 is 0 Å². The Labute approximate surface area is 99.4 Å². The van der Waals surface area contributed by atoms with Gasteiger partial charge in [0.05, 0.1) is 10.7 Å². The molecule has 1 unspecified atom stereocenters. The van der Waals surface area contributed by atoms with Crippen molar-refractivity contribution in [1.82, 2.24) is 9.97 Å². The molecule has 2 N–H and O–H groups in total. The van der Waals surface area contributed by atoms with Crippen molar-refractivity contribution in [2.75, 3.05) is 6.54 Å². The van der Waals surface area contributed by atoms with Crippen LogP contribution in [0.15, 0.2) is 29.9 Å². The van der Waals surface area contributed by atoms with Crippen LogP contribution in [0, 0.1) is 0 Å². The molecule has 84 valence electrons. The molecule has 4 heteroatoms. The van der Waals surface area contributed by atoms with Gasteiger partial charge in [-0.15, -0.1) is 11.3 Å². The molecule has 0 aliphatic carbocycles. The first kappa shape index (κ1) is 11.2. The molecule has 1 atom stereocenters. The summed E-state index contributed by atoms with van der Waals surface area (Å²) in [6, 6.07) is 3.95. The van der Waals surface area contributed by atoms with Crippen molar-refractivity contribution in [3.05, 3.63) is 34.9 Å². The first-order valence-electron chi connectivity index (χ1n) is 5.41. The van der Waals surface area contributed by atoms with E-state index in [1.54, 1.807) is 23.7 Å². The quantitative estimate of drug-likeness (QED) is 0.883. The second-order valence-corrected chi connectivity index (χ2v) is 4.54. The van der Waals surface area contributed by atoms with Crippen LogP contribution in [0.4, 0.5) is 0 Å². The van der Waals surface area contributed by atoms with E-state index in [4.69, 9.17) is 5.73 Å². The highest BCUT2D eigenvalue weighted by atomic mass is 32.1. The summed E-state index contributed by atoms with van der Waals surface area (Å²) in [5.74, 6) is 0.389. The third-order valence-corrected chi connectivity index (χ3v) is 3.63. The molecule has 16 heavy (non-hydrogen) atoms. The fourth-order valence-corrected chi connectivity index (χ4v) is 2.60. The molecule has 0 saturated carbocycles. The number of hydrogen-bond acceptors (Lipinski definition) is 4. The predicted molar refractivity (Wildman–Crippen MR) is 67.4 cm³/mol. The third-order valence-electron chi connectivity index (χ3n) is 2.62. The van der Waals surface area contributed by atoms with Gasteiger partial charge in [-0.3, -0.25) is 4.98 Å². The first-order valence-corrected chi connectivity index (χ1v) is 6.29. The van der Waals surface area contributed by atoms with Crippen LogP contribution in [0.1, 0.15) is 24.3 Å². The predicted octanol–water partition coefficient (Wildman–Crippen LogP) is 2.66. The molecule has 0 bridgehead atoms. The number of thiazole rings is 1. The number of aromatic nitrogens is 2. The lowest BCUT2D eigenvalue weighted by molar-refractivity contribution is 0.670. The van der Waals surface area contributed by atoms with Gasteiger partial charge in [-0.25, -0.2) is 4.98 Å². The van der Waals surface area contributed by atoms with Crippen LogP contribution >= 0.6 is 11.3 Å². The largest absolute Gasteiger partial charge is 0.330 e. The van der Waals surface area contributed by atoms with E-state index in [2.05, 4.69) is 22.3 Å². The molecule has 0 amide bonds. The van der Waals surface area contributed by atoms with Crippen molar-refractivity contribution >= 4 is 11.3 Å². The minimum atomic E-state index is 0.389. The van der Waals surface area contributed by atoms with Crippen LogP contribution in [0.3, 0.4) is 0 Å². The first-order chi connectivity index (χ1) is 7.85. The highest BCUT2D eigenvalue weighted by Gasteiger charge is 2.12. The Kier molecular flexibility index (Phi) is 3.64. The van der Waals surface area contributed by atoms with Crippen molar-refractivity contribution < 1.29 is 0 Å². The SMILES string of the molecule is CCC(CN)c1nc(-c2ccncc2)cs1. The standard InChI is InChI=1S/C12H15N3S/c1-2-9(7-13)12-15-11(8-16-12)10-3-5-14-6-4-10/h3-6,8-9H,2,7,13H2,1H3. The Morgan fingerprint density at radius 2 is 2.12 bits per heavy atom. The Balaban J connectivity index is 2.26. The van der Waals surface area contributed by atoms with Crippen molar-refractivity contribution in [3.63, 3.8) is 0 Å². The molecule has 2 aromatic rings. The van der Waals surface area contributed by atoms with Gasteiger partial charge in [0, 0.05) is 35.8 Å². The normalized spacial score (nSPS) is 12.6. The highest BCUT2D eigenvalue weighted by molar-refractivity contribution is 7.10. The molecule has 0 aliphatic heterocycles. The van der Waals surface area contributed by atoms with Gasteiger partial charge in [-0.2, -0.15) is 0 Å². The van der Waals surface area contributed by atoms with Gasteiger partial charge < -0.3 is 5.73 Å². The maximum atomic E-state index is 5.72. The molecule has 2 aromatic heterocycles. The van der Waals surface area contributed by atoms with Crippen LogP contribution < -0.4 is 5.73 Å². The monoisotopic (exact) mass is 233 g/mol. The fourth-order valence-electron chi connectivity index (χ4n) is 1.57. The molecule has 2 heterocycles. The van der Waals surface area contributed by atoms with Gasteiger partial charge in [0.25, 0.3) is 0 Å². The zero-order chi connectivity index (χ0) is 11.4. The van der Waals surface area contributed by atoms with Crippen LogP contribution in [-0.2, 0) is 0 Å². The van der Waals surface area contributed by atoms with Crippen LogP contribution in [0.25, 0.3) is 11.3 Å². The highest BCUT2D eigenvalue weighted by Crippen LogP contribution is 2.27. The van der Waals surface area contributed by atoms with E-state index in [-0.39, 0.29) is 0 Å². The Bertz CT molecular complexity index is 435. The zero-order valence-corrected chi connectivity index (χ0v) is 10.1. The molecule has 0 spiro atoms. The Hall–Kier alpha value is -1.26. The zero-order valence-electron chi connectivity index (χ0n) is 9.26. The van der Waals surface area contributed by atoms with Gasteiger partial charge in [0.15, 0.2) is 0 Å². The summed E-state index contributed by atoms with van der Waals surface area (Å²) in [6.07, 6.45) is 4.61. The molecule has 0 saturated heterocycles. The van der Waals surface area contributed by atoms with E-state index in [9.17, 15) is 0 Å². The third kappa shape index (κ3) is 2.28. The minimum absolute atomic E-state index is 0.389. The maximum Gasteiger partial charge on any atom is 0.0976 e. The summed E-state index contributed by atoms with van der Waals surface area (Å²) in [6.45, 7) is 2.81. The number of rotatable bonds is 4. The molecule has 0 aliphatic rings. The Morgan fingerprint density at radius 1 is 1.38 bits per heavy atom. The van der Waals surface area contributed by atoms with Gasteiger partial charge in [-0.1, -0.05) is 6.92 Å². The van der Waals surface area contributed by atoms with E-state index in [0.29, 0.717) is 12.5 Å². The topological polar surface area (TPSA) is 51.8 Å². The number of pyridine rings is 1.